The second kappa shape index (κ2) is 6.43. The normalized spacial score (nSPS) is 10.6. The van der Waals surface area contributed by atoms with Gasteiger partial charge in [0.15, 0.2) is 0 Å². The van der Waals surface area contributed by atoms with Gasteiger partial charge in [0, 0.05) is 29.7 Å². The molecule has 1 amide bonds. The third-order valence-corrected chi connectivity index (χ3v) is 4.41. The Labute approximate surface area is 130 Å². The van der Waals surface area contributed by atoms with Gasteiger partial charge in [-0.2, -0.15) is 0 Å². The van der Waals surface area contributed by atoms with E-state index in [0.29, 0.717) is 18.7 Å². The molecule has 2 aromatic rings. The number of nitrogens with zero attached hydrogens (tertiary/aromatic N) is 1. The van der Waals surface area contributed by atoms with Gasteiger partial charge < -0.3 is 11.1 Å². The summed E-state index contributed by atoms with van der Waals surface area (Å²) in [5.41, 5.74) is 7.33. The van der Waals surface area contributed by atoms with E-state index in [1.54, 1.807) is 11.3 Å². The van der Waals surface area contributed by atoms with Gasteiger partial charge >= 0.3 is 0 Å². The molecule has 0 bridgehead atoms. The van der Waals surface area contributed by atoms with Crippen molar-refractivity contribution in [3.05, 3.63) is 43.8 Å². The molecule has 0 aliphatic rings. The van der Waals surface area contributed by atoms with Crippen LogP contribution in [0.25, 0.3) is 0 Å². The van der Waals surface area contributed by atoms with Gasteiger partial charge in [-0.3, -0.25) is 4.79 Å². The topological polar surface area (TPSA) is 68.0 Å². The first-order valence-electron chi connectivity index (χ1n) is 5.91. The van der Waals surface area contributed by atoms with E-state index in [9.17, 15) is 4.79 Å². The van der Waals surface area contributed by atoms with Crippen molar-refractivity contribution < 1.29 is 4.79 Å². The molecule has 0 atom stereocenters. The highest BCUT2D eigenvalue weighted by atomic mass is 35.5. The summed E-state index contributed by atoms with van der Waals surface area (Å²) >= 11 is 13.5. The van der Waals surface area contributed by atoms with Crippen LogP contribution < -0.4 is 11.1 Å². The van der Waals surface area contributed by atoms with Gasteiger partial charge in [-0.1, -0.05) is 23.2 Å². The fourth-order valence-electron chi connectivity index (χ4n) is 1.67. The average Bonchev–Trinajstić information content (AvgIpc) is 2.79. The number of carbonyl (C=O) groups excluding carboxylic acids is 1. The van der Waals surface area contributed by atoms with Gasteiger partial charge in [0.2, 0.25) is 0 Å². The molecular weight excluding hydrogens is 317 g/mol. The van der Waals surface area contributed by atoms with E-state index in [0.717, 1.165) is 10.7 Å². The van der Waals surface area contributed by atoms with E-state index in [2.05, 4.69) is 10.3 Å². The fourth-order valence-corrected chi connectivity index (χ4v) is 2.87. The summed E-state index contributed by atoms with van der Waals surface area (Å²) in [6.45, 7) is 2.42. The Bertz CT molecular complexity index is 643. The number of anilines is 1. The molecule has 0 spiro atoms. The number of aryl methyl sites for hydroxylation is 1. The minimum Gasteiger partial charge on any atom is -0.399 e. The largest absolute Gasteiger partial charge is 0.399 e. The van der Waals surface area contributed by atoms with Crippen LogP contribution in [0.5, 0.6) is 0 Å². The van der Waals surface area contributed by atoms with Crippen molar-refractivity contribution in [2.75, 3.05) is 12.3 Å². The summed E-state index contributed by atoms with van der Waals surface area (Å²) < 4.78 is 0. The monoisotopic (exact) mass is 329 g/mol. The molecule has 7 heteroatoms. The Kier molecular flexibility index (Phi) is 4.86. The van der Waals surface area contributed by atoms with E-state index >= 15 is 0 Å². The van der Waals surface area contributed by atoms with Crippen LogP contribution >= 0.6 is 34.5 Å². The molecule has 0 unspecified atom stereocenters. The second-order valence-electron chi connectivity index (χ2n) is 4.25. The van der Waals surface area contributed by atoms with E-state index in [-0.39, 0.29) is 21.5 Å². The summed E-state index contributed by atoms with van der Waals surface area (Å²) in [4.78, 5) is 16.4. The van der Waals surface area contributed by atoms with Gasteiger partial charge in [-0.25, -0.2) is 4.98 Å². The number of nitrogens with one attached hydrogen (secondary N) is 1. The zero-order valence-electron chi connectivity index (χ0n) is 10.7. The fraction of sp³-hybridized carbons (Fsp3) is 0.231. The van der Waals surface area contributed by atoms with Crippen molar-refractivity contribution in [1.82, 2.24) is 10.3 Å². The maximum atomic E-state index is 12.0. The molecule has 0 aliphatic heterocycles. The van der Waals surface area contributed by atoms with Crippen molar-refractivity contribution in [1.29, 1.82) is 0 Å². The average molecular weight is 330 g/mol. The van der Waals surface area contributed by atoms with Crippen molar-refractivity contribution in [2.45, 2.75) is 13.3 Å². The number of carbonyl (C=O) groups is 1. The van der Waals surface area contributed by atoms with Crippen molar-refractivity contribution in [2.24, 2.45) is 0 Å². The van der Waals surface area contributed by atoms with Crippen LogP contribution in [-0.2, 0) is 6.42 Å². The predicted octanol–water partition coefficient (Wildman–Crippen LogP) is 3.31. The second-order valence-corrected chi connectivity index (χ2v) is 5.98. The van der Waals surface area contributed by atoms with E-state index < -0.39 is 0 Å². The number of hydrogen-bond acceptors (Lipinski definition) is 4. The maximum absolute atomic E-state index is 12.0. The molecule has 4 nitrogen and oxygen atoms in total. The lowest BCUT2D eigenvalue weighted by atomic mass is 10.2. The Morgan fingerprint density at radius 2 is 2.20 bits per heavy atom. The van der Waals surface area contributed by atoms with Crippen molar-refractivity contribution in [3.8, 4) is 0 Å². The van der Waals surface area contributed by atoms with Gasteiger partial charge in [-0.05, 0) is 19.1 Å². The SMILES string of the molecule is Cc1csc(CCNC(=O)c2cc(N)cc(Cl)c2Cl)n1. The highest BCUT2D eigenvalue weighted by Gasteiger charge is 2.14. The Morgan fingerprint density at radius 1 is 1.45 bits per heavy atom. The summed E-state index contributed by atoms with van der Waals surface area (Å²) in [5, 5.41) is 6.23. The molecule has 20 heavy (non-hydrogen) atoms. The van der Waals surface area contributed by atoms with Crippen LogP contribution in [0.4, 0.5) is 5.69 Å². The number of benzene rings is 1. The van der Waals surface area contributed by atoms with Crippen molar-refractivity contribution >= 4 is 46.1 Å². The Hall–Kier alpha value is -1.30. The van der Waals surface area contributed by atoms with Crippen LogP contribution in [0.1, 0.15) is 21.1 Å². The van der Waals surface area contributed by atoms with Crippen LogP contribution in [0, 0.1) is 6.92 Å². The first-order valence-corrected chi connectivity index (χ1v) is 7.54. The molecule has 2 rings (SSSR count). The van der Waals surface area contributed by atoms with Gasteiger partial charge in [-0.15, -0.1) is 11.3 Å². The molecule has 0 aliphatic carbocycles. The first-order chi connectivity index (χ1) is 9.47. The molecule has 0 radical (unpaired) electrons. The molecule has 0 fully saturated rings. The summed E-state index contributed by atoms with van der Waals surface area (Å²) in [7, 11) is 0. The lowest BCUT2D eigenvalue weighted by Crippen LogP contribution is -2.26. The number of nitrogen functional groups attached to an aromatic ring is 1. The molecule has 1 aromatic carbocycles. The molecule has 0 saturated heterocycles. The quantitative estimate of drug-likeness (QED) is 0.845. The minimum absolute atomic E-state index is 0.212. The third kappa shape index (κ3) is 3.62. The molecule has 0 saturated carbocycles. The number of nitrogens with two attached hydrogens (primary N) is 1. The van der Waals surface area contributed by atoms with Gasteiger partial charge in [0.25, 0.3) is 5.91 Å². The molecule has 3 N–H and O–H groups in total. The first kappa shape index (κ1) is 15.1. The van der Waals surface area contributed by atoms with Gasteiger partial charge in [0.1, 0.15) is 0 Å². The number of hydrogen-bond donors (Lipinski definition) is 2. The summed E-state index contributed by atoms with van der Waals surface area (Å²) in [6, 6.07) is 3.02. The van der Waals surface area contributed by atoms with Crippen molar-refractivity contribution in [3.63, 3.8) is 0 Å². The third-order valence-electron chi connectivity index (χ3n) is 2.59. The molecule has 106 valence electrons. The number of aromatic nitrogens is 1. The van der Waals surface area contributed by atoms with E-state index in [4.69, 9.17) is 28.9 Å². The maximum Gasteiger partial charge on any atom is 0.252 e. The van der Waals surface area contributed by atoms with Crippen LogP contribution in [0.15, 0.2) is 17.5 Å². The van der Waals surface area contributed by atoms with Crippen LogP contribution in [-0.4, -0.2) is 17.4 Å². The Balaban J connectivity index is 1.98. The number of halogens is 2. The summed E-state index contributed by atoms with van der Waals surface area (Å²) in [5.74, 6) is -0.294. The molecule has 1 aromatic heterocycles. The smallest absolute Gasteiger partial charge is 0.252 e. The standard InChI is InChI=1S/C13H13Cl2N3OS/c1-7-6-20-11(18-7)2-3-17-13(19)9-4-8(16)5-10(14)12(9)15/h4-6H,2-3,16H2,1H3,(H,17,19). The number of thiazole rings is 1. The number of amides is 1. The lowest BCUT2D eigenvalue weighted by Gasteiger charge is -2.08. The van der Waals surface area contributed by atoms with Crippen LogP contribution in [0.2, 0.25) is 10.0 Å². The minimum atomic E-state index is -0.294. The molecule has 1 heterocycles. The van der Waals surface area contributed by atoms with E-state index in [1.165, 1.54) is 12.1 Å². The zero-order valence-corrected chi connectivity index (χ0v) is 13.1. The van der Waals surface area contributed by atoms with E-state index in [1.807, 2.05) is 12.3 Å². The highest BCUT2D eigenvalue weighted by molar-refractivity contribution is 7.09. The van der Waals surface area contributed by atoms with Gasteiger partial charge in [0.05, 0.1) is 20.6 Å². The predicted molar refractivity (Wildman–Crippen MR) is 83.8 cm³/mol. The zero-order chi connectivity index (χ0) is 14.7. The Morgan fingerprint density at radius 3 is 2.85 bits per heavy atom. The lowest BCUT2D eigenvalue weighted by molar-refractivity contribution is 0.0954. The molecular formula is C13H13Cl2N3OS. The summed E-state index contributed by atoms with van der Waals surface area (Å²) in [6.07, 6.45) is 0.678. The van der Waals surface area contributed by atoms with Crippen LogP contribution in [0.3, 0.4) is 0 Å². The highest BCUT2D eigenvalue weighted by Crippen LogP contribution is 2.28. The number of rotatable bonds is 4.